The second kappa shape index (κ2) is 9.17. The molecule has 140 valence electrons. The van der Waals surface area contributed by atoms with Gasteiger partial charge in [-0.05, 0) is 36.6 Å². The van der Waals surface area contributed by atoms with Crippen LogP contribution in [0.4, 0.5) is 0 Å². The molecular formula is C23H24O4. The Hall–Kier alpha value is -2.88. The van der Waals surface area contributed by atoms with Gasteiger partial charge in [0, 0.05) is 5.56 Å². The van der Waals surface area contributed by atoms with E-state index >= 15 is 0 Å². The van der Waals surface area contributed by atoms with Gasteiger partial charge in [-0.25, -0.2) is 0 Å². The third-order valence-corrected chi connectivity index (χ3v) is 4.82. The van der Waals surface area contributed by atoms with E-state index in [9.17, 15) is 9.59 Å². The molecule has 1 aliphatic rings. The summed E-state index contributed by atoms with van der Waals surface area (Å²) in [4.78, 5) is 24.5. The van der Waals surface area contributed by atoms with Crippen molar-refractivity contribution in [3.05, 3.63) is 65.7 Å². The summed E-state index contributed by atoms with van der Waals surface area (Å²) < 4.78 is 10.9. The van der Waals surface area contributed by atoms with Crippen LogP contribution < -0.4 is 9.47 Å². The highest BCUT2D eigenvalue weighted by atomic mass is 16.6. The number of rotatable bonds is 6. The second-order valence-electron chi connectivity index (χ2n) is 6.73. The second-order valence-corrected chi connectivity index (χ2v) is 6.73. The molecule has 0 bridgehead atoms. The summed E-state index contributed by atoms with van der Waals surface area (Å²) in [6.07, 6.45) is 8.39. The molecule has 3 rings (SSSR count). The Morgan fingerprint density at radius 2 is 1.70 bits per heavy atom. The van der Waals surface area contributed by atoms with Gasteiger partial charge >= 0.3 is 5.97 Å². The Kier molecular flexibility index (Phi) is 6.42. The molecule has 2 aromatic carbocycles. The molecule has 0 radical (unpaired) electrons. The largest absolute Gasteiger partial charge is 0.493 e. The minimum absolute atomic E-state index is 0.0217. The maximum absolute atomic E-state index is 12.4. The van der Waals surface area contributed by atoms with Gasteiger partial charge in [0.2, 0.25) is 0 Å². The van der Waals surface area contributed by atoms with Crippen molar-refractivity contribution < 1.29 is 19.1 Å². The van der Waals surface area contributed by atoms with E-state index in [1.165, 1.54) is 19.6 Å². The first-order valence-electron chi connectivity index (χ1n) is 9.34. The molecule has 0 unspecified atom stereocenters. The Labute approximate surface area is 159 Å². The first-order chi connectivity index (χ1) is 13.2. The molecule has 0 aromatic heterocycles. The Morgan fingerprint density at radius 1 is 0.963 bits per heavy atom. The first-order valence-corrected chi connectivity index (χ1v) is 9.34. The van der Waals surface area contributed by atoms with Crippen molar-refractivity contribution >= 4 is 17.8 Å². The van der Waals surface area contributed by atoms with E-state index in [1.54, 1.807) is 36.4 Å². The van der Waals surface area contributed by atoms with Gasteiger partial charge < -0.3 is 9.47 Å². The molecule has 4 nitrogen and oxygen atoms in total. The zero-order valence-corrected chi connectivity index (χ0v) is 15.5. The summed E-state index contributed by atoms with van der Waals surface area (Å²) in [5.74, 6) is 0.623. The van der Waals surface area contributed by atoms with Gasteiger partial charge in [0.25, 0.3) is 0 Å². The topological polar surface area (TPSA) is 52.6 Å². The van der Waals surface area contributed by atoms with Crippen LogP contribution in [0.15, 0.2) is 54.6 Å². The third-order valence-electron chi connectivity index (χ3n) is 4.82. The number of ketones is 1. The SMILES string of the molecule is COc1cc(/C=C/C(=O)c2ccccc2)ccc1OC(=O)C1CCCCC1. The number of carbonyl (C=O) groups excluding carboxylic acids is 2. The van der Waals surface area contributed by atoms with E-state index in [2.05, 4.69) is 0 Å². The predicted molar refractivity (Wildman–Crippen MR) is 105 cm³/mol. The van der Waals surface area contributed by atoms with Crippen LogP contribution in [0.2, 0.25) is 0 Å². The molecule has 0 saturated heterocycles. The van der Waals surface area contributed by atoms with Crippen LogP contribution in [0.25, 0.3) is 6.08 Å². The highest BCUT2D eigenvalue weighted by Gasteiger charge is 2.24. The number of allylic oxidation sites excluding steroid dienone is 1. The van der Waals surface area contributed by atoms with Crippen LogP contribution in [-0.2, 0) is 4.79 Å². The van der Waals surface area contributed by atoms with Crippen molar-refractivity contribution in [1.82, 2.24) is 0 Å². The summed E-state index contributed by atoms with van der Waals surface area (Å²) in [7, 11) is 1.54. The lowest BCUT2D eigenvalue weighted by atomic mass is 9.89. The van der Waals surface area contributed by atoms with Gasteiger partial charge in [-0.15, -0.1) is 0 Å². The van der Waals surface area contributed by atoms with Crippen LogP contribution >= 0.6 is 0 Å². The lowest BCUT2D eigenvalue weighted by molar-refractivity contribution is -0.140. The quantitative estimate of drug-likeness (QED) is 0.310. The number of esters is 1. The molecule has 0 atom stereocenters. The maximum Gasteiger partial charge on any atom is 0.314 e. The van der Waals surface area contributed by atoms with Crippen molar-refractivity contribution in [3.8, 4) is 11.5 Å². The molecule has 0 N–H and O–H groups in total. The summed E-state index contributed by atoms with van der Waals surface area (Å²) in [5.41, 5.74) is 1.44. The fraction of sp³-hybridized carbons (Fsp3) is 0.304. The Bertz CT molecular complexity index is 818. The third kappa shape index (κ3) is 5.07. The fourth-order valence-corrected chi connectivity index (χ4v) is 3.27. The number of carbonyl (C=O) groups is 2. The van der Waals surface area contributed by atoms with Gasteiger partial charge in [-0.3, -0.25) is 9.59 Å². The van der Waals surface area contributed by atoms with Crippen molar-refractivity contribution in [3.63, 3.8) is 0 Å². The lowest BCUT2D eigenvalue weighted by Gasteiger charge is -2.20. The van der Waals surface area contributed by atoms with Crippen molar-refractivity contribution in [2.24, 2.45) is 5.92 Å². The summed E-state index contributed by atoms with van der Waals surface area (Å²) in [5, 5.41) is 0. The number of benzene rings is 2. The van der Waals surface area contributed by atoms with Gasteiger partial charge in [0.1, 0.15) is 0 Å². The minimum atomic E-state index is -0.185. The highest BCUT2D eigenvalue weighted by molar-refractivity contribution is 6.06. The molecular weight excluding hydrogens is 340 g/mol. The van der Waals surface area contributed by atoms with Crippen LogP contribution in [0.5, 0.6) is 11.5 Å². The first kappa shape index (κ1) is 18.9. The smallest absolute Gasteiger partial charge is 0.314 e. The Balaban J connectivity index is 1.69. The number of methoxy groups -OCH3 is 1. The number of ether oxygens (including phenoxy) is 2. The molecule has 1 aliphatic carbocycles. The molecule has 0 amide bonds. The molecule has 0 heterocycles. The zero-order valence-electron chi connectivity index (χ0n) is 15.5. The van der Waals surface area contributed by atoms with Crippen LogP contribution in [0.3, 0.4) is 0 Å². The number of hydrogen-bond acceptors (Lipinski definition) is 4. The molecule has 2 aromatic rings. The summed E-state index contributed by atoms with van der Waals surface area (Å²) >= 11 is 0. The van der Waals surface area contributed by atoms with Crippen molar-refractivity contribution in [2.75, 3.05) is 7.11 Å². The van der Waals surface area contributed by atoms with E-state index in [-0.39, 0.29) is 17.7 Å². The van der Waals surface area contributed by atoms with Crippen molar-refractivity contribution in [2.45, 2.75) is 32.1 Å². The molecule has 1 fully saturated rings. The summed E-state index contributed by atoms with van der Waals surface area (Å²) in [6, 6.07) is 14.4. The average Bonchev–Trinajstić information content (AvgIpc) is 2.74. The molecule has 4 heteroatoms. The van der Waals surface area contributed by atoms with E-state index in [0.29, 0.717) is 17.1 Å². The standard InChI is InChI=1S/C23H24O4/c1-26-22-16-17(12-14-20(24)18-8-4-2-5-9-18)13-15-21(22)27-23(25)19-10-6-3-7-11-19/h2,4-5,8-9,12-16,19H,3,6-7,10-11H2,1H3/b14-12+. The minimum Gasteiger partial charge on any atom is -0.493 e. The van der Waals surface area contributed by atoms with Crippen molar-refractivity contribution in [1.29, 1.82) is 0 Å². The summed E-state index contributed by atoms with van der Waals surface area (Å²) in [6.45, 7) is 0. The van der Waals surface area contributed by atoms with E-state index in [4.69, 9.17) is 9.47 Å². The molecule has 27 heavy (non-hydrogen) atoms. The average molecular weight is 364 g/mol. The van der Waals surface area contributed by atoms with Crippen LogP contribution in [0, 0.1) is 5.92 Å². The van der Waals surface area contributed by atoms with Gasteiger partial charge in [0.15, 0.2) is 17.3 Å². The van der Waals surface area contributed by atoms with E-state index in [1.807, 2.05) is 18.2 Å². The zero-order chi connectivity index (χ0) is 19.1. The number of hydrogen-bond donors (Lipinski definition) is 0. The highest BCUT2D eigenvalue weighted by Crippen LogP contribution is 2.31. The molecule has 1 saturated carbocycles. The van der Waals surface area contributed by atoms with Crippen LogP contribution in [-0.4, -0.2) is 18.9 Å². The predicted octanol–water partition coefficient (Wildman–Crippen LogP) is 5.08. The molecule has 0 spiro atoms. The molecule has 0 aliphatic heterocycles. The fourth-order valence-electron chi connectivity index (χ4n) is 3.27. The van der Waals surface area contributed by atoms with Gasteiger partial charge in [-0.1, -0.05) is 61.7 Å². The van der Waals surface area contributed by atoms with Crippen LogP contribution in [0.1, 0.15) is 48.0 Å². The van der Waals surface area contributed by atoms with Gasteiger partial charge in [0.05, 0.1) is 13.0 Å². The monoisotopic (exact) mass is 364 g/mol. The maximum atomic E-state index is 12.4. The Morgan fingerprint density at radius 3 is 2.41 bits per heavy atom. The van der Waals surface area contributed by atoms with E-state index < -0.39 is 0 Å². The van der Waals surface area contributed by atoms with E-state index in [0.717, 1.165) is 31.2 Å². The lowest BCUT2D eigenvalue weighted by Crippen LogP contribution is -2.22. The van der Waals surface area contributed by atoms with Gasteiger partial charge in [-0.2, -0.15) is 0 Å². The normalized spacial score (nSPS) is 14.9.